The summed E-state index contributed by atoms with van der Waals surface area (Å²) in [6.07, 6.45) is 66.7. The maximum atomic E-state index is 12.4. The van der Waals surface area contributed by atoms with Crippen molar-refractivity contribution in [3.8, 4) is 0 Å². The molecule has 0 heterocycles. The van der Waals surface area contributed by atoms with Crippen LogP contribution in [-0.2, 0) is 28.8 Å². The number of hydrogen-bond acceptors (Lipinski definition) is 12. The molecule has 24 aliphatic rings. The molecule has 19 fully saturated rings. The van der Waals surface area contributed by atoms with Gasteiger partial charge in [-0.3, -0.25) is 28.8 Å². The van der Waals surface area contributed by atoms with Gasteiger partial charge in [0.2, 0.25) is 0 Å². The second-order valence-corrected chi connectivity index (χ2v) is 51.7. The number of ketones is 6. The van der Waals surface area contributed by atoms with E-state index in [2.05, 4.69) is 101 Å². The van der Waals surface area contributed by atoms with Crippen molar-refractivity contribution in [3.63, 3.8) is 0 Å². The van der Waals surface area contributed by atoms with E-state index >= 15 is 0 Å². The third-order valence-corrected chi connectivity index (χ3v) is 47.5. The minimum absolute atomic E-state index is 0.00702. The van der Waals surface area contributed by atoms with Gasteiger partial charge in [0, 0.05) is 48.3 Å². The molecule has 0 spiro atoms. The van der Waals surface area contributed by atoms with Gasteiger partial charge in [0.05, 0.1) is 36.6 Å². The second-order valence-electron chi connectivity index (χ2n) is 51.7. The molecule has 0 amide bonds. The fourth-order valence-corrected chi connectivity index (χ4v) is 39.3. The minimum Gasteiger partial charge on any atom is -0.393 e. The van der Waals surface area contributed by atoms with Crippen molar-refractivity contribution in [2.75, 3.05) is 0 Å². The molecular weight excluding hydrogens is 1560 g/mol. The molecule has 0 unspecified atom stereocenters. The Morgan fingerprint density at radius 2 is 0.643 bits per heavy atom. The van der Waals surface area contributed by atoms with Gasteiger partial charge in [0.15, 0.2) is 23.1 Å². The highest BCUT2D eigenvalue weighted by Gasteiger charge is 2.67. The van der Waals surface area contributed by atoms with Gasteiger partial charge in [0.25, 0.3) is 0 Å². The highest BCUT2D eigenvalue weighted by molar-refractivity contribution is 6.01. The summed E-state index contributed by atoms with van der Waals surface area (Å²) in [6, 6.07) is 0. The van der Waals surface area contributed by atoms with E-state index < -0.39 is 0 Å². The Labute approximate surface area is 758 Å². The number of carbonyl (C=O) groups excluding carboxylic acids is 6. The smallest absolute Gasteiger partial charge is 0.178 e. The van der Waals surface area contributed by atoms with Crippen LogP contribution in [0.2, 0.25) is 0 Å². The minimum atomic E-state index is -0.216. The summed E-state index contributed by atoms with van der Waals surface area (Å²) in [5.41, 5.74) is 8.03. The van der Waals surface area contributed by atoms with E-state index in [1.54, 1.807) is 6.08 Å². The summed E-state index contributed by atoms with van der Waals surface area (Å²) in [5.74, 6) is 16.6. The van der Waals surface area contributed by atoms with Crippen molar-refractivity contribution in [2.24, 2.45) is 183 Å². The van der Waals surface area contributed by atoms with Crippen molar-refractivity contribution in [1.29, 1.82) is 0 Å². The Balaban J connectivity index is 0.0000000987. The zero-order valence-electron chi connectivity index (χ0n) is 80.3. The number of carbonyl (C=O) groups is 6. The van der Waals surface area contributed by atoms with Crippen molar-refractivity contribution in [2.45, 2.75) is 415 Å². The Kier molecular flexibility index (Phi) is 24.0. The van der Waals surface area contributed by atoms with Crippen LogP contribution in [0.4, 0.5) is 0 Å². The van der Waals surface area contributed by atoms with Crippen LogP contribution in [-0.4, -0.2) is 102 Å². The molecule has 12 nitrogen and oxygen atoms in total. The van der Waals surface area contributed by atoms with Crippen LogP contribution >= 0.6 is 0 Å². The molecule has 6 N–H and O–H groups in total. The van der Waals surface area contributed by atoms with Crippen LogP contribution in [0.3, 0.4) is 0 Å². The lowest BCUT2D eigenvalue weighted by atomic mass is 9.45. The molecule has 0 aliphatic heterocycles. The second kappa shape index (κ2) is 33.1. The molecular formula is C114H168O12. The van der Waals surface area contributed by atoms with Crippen LogP contribution in [0.5, 0.6) is 0 Å². The Morgan fingerprint density at radius 1 is 0.270 bits per heavy atom. The molecule has 0 bridgehead atoms. The summed E-state index contributed by atoms with van der Waals surface area (Å²) >= 11 is 0. The molecule has 38 atom stereocenters. The zero-order chi connectivity index (χ0) is 89.0. The number of aliphatic hydroxyl groups excluding tert-OH is 6. The fourth-order valence-electron chi connectivity index (χ4n) is 39.3. The third-order valence-electron chi connectivity index (χ3n) is 47.5. The van der Waals surface area contributed by atoms with Crippen molar-refractivity contribution >= 4 is 34.7 Å². The Morgan fingerprint density at radius 3 is 1.14 bits per heavy atom. The monoisotopic (exact) mass is 1730 g/mol. The van der Waals surface area contributed by atoms with Gasteiger partial charge in [-0.2, -0.15) is 0 Å². The molecule has 0 radical (unpaired) electrons. The summed E-state index contributed by atoms with van der Waals surface area (Å²) in [4.78, 5) is 71.8. The highest BCUT2D eigenvalue weighted by atomic mass is 16.3. The average molecular weight is 1730 g/mol. The summed E-state index contributed by atoms with van der Waals surface area (Å²) in [6.45, 7) is 28.4. The van der Waals surface area contributed by atoms with Crippen LogP contribution in [0.1, 0.15) is 378 Å². The Hall–Kier alpha value is -3.78. The van der Waals surface area contributed by atoms with Crippen molar-refractivity contribution < 1.29 is 59.4 Å². The molecule has 696 valence electrons. The standard InChI is InChI=1S/C19H30O2.4C19H28O2.C19H26O2/c6*1-18-9-7-13(20)11-12(18)3-4-14-15-5-6-17(21)19(15,2)10-8-16(14)18/h12-16,20H,3-11H2,1-2H3;2*11,14-17,21H,3-10H2,1-2H3;11,13-16,20H,3-10H2,1-2H3;7,9,12,14-17,21H,3-6,8,10-11H2,1-2H3;7,9,11,14-17,21H,3-6,8,10H2,1-2H3/t12-,13-,14-,15-,16-,18-,19-;14-,15-,16-,17+,18-,19-;14-,15-,16-,17-,18-,19-;13-,14-,15-,16-,18-,19-;12-,14-,15-,16-,17-,18-,19-;14-,15-,16-,17-,18-,19-/m000000/s1. The number of allylic oxidation sites excluding steroid dienone is 9. The van der Waals surface area contributed by atoms with Gasteiger partial charge in [-0.1, -0.05) is 124 Å². The van der Waals surface area contributed by atoms with E-state index in [-0.39, 0.29) is 96.6 Å². The van der Waals surface area contributed by atoms with E-state index in [4.69, 9.17) is 0 Å². The molecule has 12 heteroatoms. The molecule has 19 saturated carbocycles. The zero-order valence-corrected chi connectivity index (χ0v) is 80.3. The fraction of sp³-hybridized carbons (Fsp3) is 0.842. The predicted octanol–water partition coefficient (Wildman–Crippen LogP) is 23.0. The summed E-state index contributed by atoms with van der Waals surface area (Å²) in [5, 5.41) is 61.8. The maximum absolute atomic E-state index is 12.4. The molecule has 0 aromatic carbocycles. The third kappa shape index (κ3) is 14.4. The highest BCUT2D eigenvalue weighted by Crippen LogP contribution is 2.73. The number of hydrogen-bond donors (Lipinski definition) is 6. The van der Waals surface area contributed by atoms with E-state index in [9.17, 15) is 59.4 Å². The lowest BCUT2D eigenvalue weighted by molar-refractivity contribution is -0.142. The number of rotatable bonds is 0. The summed E-state index contributed by atoms with van der Waals surface area (Å²) in [7, 11) is 0. The largest absolute Gasteiger partial charge is 0.393 e. The molecule has 0 aromatic heterocycles. The SMILES string of the molecule is C[C@]12C=CC(=O)C[C@@H]1CC[C@@H]1[C@@H]2CC[C@]2(C)[C@@H](O)CC[C@@H]12.C[C@]12CC[C@H](O)C=C1CC[C@@H]1[C@@H]2CC[C@]2(C)C(=O)CC[C@@H]12.C[C@]12CC[C@H](O)C[C@@H]1CC[C@@H]1[C@@H]2CC[C@]2(C)C(=O)CC[C@@H]12.C[C@]12CC[C@H]3[C@@H](CCC4=CC(=O)C=C[C@@]43C)[C@@H]1CC[C@@H]2O.C[C@]12CC[C@H]3[C@@H](CCC4=CC(=O)CC[C@@]43C)[C@@H]1CC[C@@H]2O.C[C@]12CC[C@H]3[C@@H](CCC4=CC(=O)CC[C@@]43C)[C@@H]1CC[C@H]2O. The van der Waals surface area contributed by atoms with E-state index in [0.717, 1.165) is 225 Å². The normalized spacial score (nSPS) is 53.7. The van der Waals surface area contributed by atoms with E-state index in [1.807, 2.05) is 24.3 Å². The van der Waals surface area contributed by atoms with Crippen LogP contribution in [0.25, 0.3) is 0 Å². The first-order valence-electron chi connectivity index (χ1n) is 53.2. The first-order chi connectivity index (χ1) is 59.7. The first-order valence-corrected chi connectivity index (χ1v) is 53.2. The summed E-state index contributed by atoms with van der Waals surface area (Å²) < 4.78 is 0. The molecule has 24 rings (SSSR count). The van der Waals surface area contributed by atoms with Gasteiger partial charge < -0.3 is 30.6 Å². The van der Waals surface area contributed by atoms with Crippen molar-refractivity contribution in [3.05, 3.63) is 70.9 Å². The topological polar surface area (TPSA) is 224 Å². The molecule has 0 aromatic rings. The molecule has 0 saturated heterocycles. The number of fused-ring (bicyclic) bond motifs is 30. The van der Waals surface area contributed by atoms with E-state index in [0.29, 0.717) is 87.1 Å². The quantitative estimate of drug-likeness (QED) is 0.125. The predicted molar refractivity (Wildman–Crippen MR) is 496 cm³/mol. The van der Waals surface area contributed by atoms with Gasteiger partial charge >= 0.3 is 0 Å². The van der Waals surface area contributed by atoms with Crippen LogP contribution in [0.15, 0.2) is 70.9 Å². The van der Waals surface area contributed by atoms with Gasteiger partial charge in [-0.15, -0.1) is 0 Å². The lowest BCUT2D eigenvalue weighted by Gasteiger charge is -2.60. The lowest BCUT2D eigenvalue weighted by Crippen LogP contribution is -2.54. The average Bonchev–Trinajstić information content (AvgIpc) is 1.55. The van der Waals surface area contributed by atoms with Gasteiger partial charge in [0.1, 0.15) is 11.6 Å². The first kappa shape index (κ1) is 91.3. The molecule has 24 aliphatic carbocycles. The van der Waals surface area contributed by atoms with Crippen LogP contribution in [0, 0.1) is 183 Å². The van der Waals surface area contributed by atoms with Gasteiger partial charge in [-0.05, 0) is 461 Å². The molecule has 126 heavy (non-hydrogen) atoms. The van der Waals surface area contributed by atoms with E-state index in [1.165, 1.54) is 164 Å². The van der Waals surface area contributed by atoms with Crippen LogP contribution < -0.4 is 0 Å². The van der Waals surface area contributed by atoms with Gasteiger partial charge in [-0.25, -0.2) is 0 Å². The maximum Gasteiger partial charge on any atom is 0.178 e. The van der Waals surface area contributed by atoms with Crippen molar-refractivity contribution in [1.82, 2.24) is 0 Å². The number of Topliss-reactive ketones (excluding diaryl/α,β-unsaturated/α-hetero) is 2. The Bertz CT molecular complexity index is 4280. The number of aliphatic hydroxyl groups is 6.